The van der Waals surface area contributed by atoms with E-state index in [9.17, 15) is 8.78 Å². The summed E-state index contributed by atoms with van der Waals surface area (Å²) in [6.45, 7) is 1.37. The summed E-state index contributed by atoms with van der Waals surface area (Å²) in [6, 6.07) is 2.27. The van der Waals surface area contributed by atoms with Crippen molar-refractivity contribution in [2.24, 2.45) is 0 Å². The average Bonchev–Trinajstić information content (AvgIpc) is 2.18. The predicted octanol–water partition coefficient (Wildman–Crippen LogP) is 4.82. The van der Waals surface area contributed by atoms with Gasteiger partial charge in [-0.3, -0.25) is 0 Å². The Morgan fingerprint density at radius 3 is 2.40 bits per heavy atom. The second-order valence-corrected chi connectivity index (χ2v) is 4.60. The number of hydrogen-bond acceptors (Lipinski definition) is 1. The number of anilines is 1. The van der Waals surface area contributed by atoms with E-state index in [-0.39, 0.29) is 5.02 Å². The summed E-state index contributed by atoms with van der Waals surface area (Å²) in [5, 5.41) is 3.13. The maximum atomic E-state index is 12.3. The molecule has 1 nitrogen and oxygen atoms in total. The van der Waals surface area contributed by atoms with Crippen molar-refractivity contribution in [3.05, 3.63) is 26.7 Å². The number of rotatable bonds is 3. The molecule has 0 heterocycles. The van der Waals surface area contributed by atoms with Crippen LogP contribution in [0.5, 0.6) is 0 Å². The highest BCUT2D eigenvalue weighted by Crippen LogP contribution is 2.36. The largest absolute Gasteiger partial charge is 0.376 e. The van der Waals surface area contributed by atoms with Crippen molar-refractivity contribution >= 4 is 44.8 Å². The summed E-state index contributed by atoms with van der Waals surface area (Å²) >= 11 is 14.9. The Labute approximate surface area is 105 Å². The zero-order valence-electron chi connectivity index (χ0n) is 7.70. The van der Waals surface area contributed by atoms with Crippen LogP contribution < -0.4 is 5.32 Å². The van der Waals surface area contributed by atoms with Crippen molar-refractivity contribution in [1.29, 1.82) is 0 Å². The van der Waals surface area contributed by atoms with Gasteiger partial charge in [0.05, 0.1) is 21.8 Å². The van der Waals surface area contributed by atoms with Crippen LogP contribution in [0.15, 0.2) is 16.6 Å². The molecule has 0 fully saturated rings. The lowest BCUT2D eigenvalue weighted by Crippen LogP contribution is -2.23. The van der Waals surface area contributed by atoms with Gasteiger partial charge in [0.25, 0.3) is 6.43 Å². The number of alkyl halides is 2. The molecular formula is C9H8BrCl2F2N. The monoisotopic (exact) mass is 317 g/mol. The van der Waals surface area contributed by atoms with Crippen molar-refractivity contribution in [3.8, 4) is 0 Å². The predicted molar refractivity (Wildman–Crippen MR) is 63.3 cm³/mol. The van der Waals surface area contributed by atoms with Crippen LogP contribution in [-0.2, 0) is 0 Å². The zero-order valence-corrected chi connectivity index (χ0v) is 10.8. The van der Waals surface area contributed by atoms with Crippen molar-refractivity contribution in [2.75, 3.05) is 5.32 Å². The minimum absolute atomic E-state index is 0.235. The van der Waals surface area contributed by atoms with Gasteiger partial charge in [-0.05, 0) is 35.0 Å². The lowest BCUT2D eigenvalue weighted by Gasteiger charge is -2.16. The van der Waals surface area contributed by atoms with E-state index in [0.717, 1.165) is 0 Å². The topological polar surface area (TPSA) is 12.0 Å². The Morgan fingerprint density at radius 1 is 1.27 bits per heavy atom. The quantitative estimate of drug-likeness (QED) is 0.788. The summed E-state index contributed by atoms with van der Waals surface area (Å²) in [5.41, 5.74) is 0.401. The first-order valence-corrected chi connectivity index (χ1v) is 5.66. The van der Waals surface area contributed by atoms with Crippen molar-refractivity contribution in [1.82, 2.24) is 0 Å². The highest BCUT2D eigenvalue weighted by atomic mass is 79.9. The van der Waals surface area contributed by atoms with Gasteiger partial charge in [-0.15, -0.1) is 0 Å². The summed E-state index contributed by atoms with van der Waals surface area (Å²) in [4.78, 5) is 0. The number of hydrogen-bond donors (Lipinski definition) is 1. The molecule has 1 rings (SSSR count). The lowest BCUT2D eigenvalue weighted by atomic mass is 10.2. The first-order chi connectivity index (χ1) is 6.93. The summed E-state index contributed by atoms with van der Waals surface area (Å²) < 4.78 is 25.2. The van der Waals surface area contributed by atoms with E-state index in [4.69, 9.17) is 23.2 Å². The molecule has 84 valence electrons. The standard InChI is InChI=1S/C9H8BrCl2F2N/c1-4(9(13)14)15-6-3-2-5(10)7(11)8(6)12/h2-4,9,15H,1H3. The van der Waals surface area contributed by atoms with E-state index in [1.807, 2.05) is 0 Å². The van der Waals surface area contributed by atoms with Crippen LogP contribution in [0.2, 0.25) is 10.0 Å². The molecule has 1 unspecified atom stereocenters. The van der Waals surface area contributed by atoms with Gasteiger partial charge in [-0.1, -0.05) is 23.2 Å². The lowest BCUT2D eigenvalue weighted by molar-refractivity contribution is 0.131. The van der Waals surface area contributed by atoms with E-state index in [0.29, 0.717) is 15.2 Å². The molecule has 1 atom stereocenters. The van der Waals surface area contributed by atoms with Crippen LogP contribution >= 0.6 is 39.1 Å². The van der Waals surface area contributed by atoms with Crippen LogP contribution in [0.25, 0.3) is 0 Å². The molecule has 0 saturated heterocycles. The molecule has 0 bridgehead atoms. The molecule has 0 aliphatic heterocycles. The molecular weight excluding hydrogens is 311 g/mol. The molecule has 6 heteroatoms. The van der Waals surface area contributed by atoms with Crippen LogP contribution in [0, 0.1) is 0 Å². The van der Waals surface area contributed by atoms with Crippen LogP contribution in [0.4, 0.5) is 14.5 Å². The van der Waals surface area contributed by atoms with E-state index < -0.39 is 12.5 Å². The maximum absolute atomic E-state index is 12.3. The number of halogens is 5. The third-order valence-electron chi connectivity index (χ3n) is 1.80. The van der Waals surface area contributed by atoms with E-state index in [1.54, 1.807) is 12.1 Å². The fourth-order valence-electron chi connectivity index (χ4n) is 0.946. The van der Waals surface area contributed by atoms with Gasteiger partial charge in [0.1, 0.15) is 0 Å². The van der Waals surface area contributed by atoms with Gasteiger partial charge in [-0.2, -0.15) is 0 Å². The molecule has 1 aromatic rings. The molecule has 0 aromatic heterocycles. The van der Waals surface area contributed by atoms with Crippen LogP contribution in [-0.4, -0.2) is 12.5 Å². The highest BCUT2D eigenvalue weighted by Gasteiger charge is 2.16. The smallest absolute Gasteiger partial charge is 0.258 e. The Kier molecular flexibility index (Phi) is 4.62. The molecule has 0 amide bonds. The van der Waals surface area contributed by atoms with E-state index in [2.05, 4.69) is 21.2 Å². The van der Waals surface area contributed by atoms with Crippen LogP contribution in [0.3, 0.4) is 0 Å². The fraction of sp³-hybridized carbons (Fsp3) is 0.333. The second kappa shape index (κ2) is 5.32. The summed E-state index contributed by atoms with van der Waals surface area (Å²) in [5.74, 6) is 0. The summed E-state index contributed by atoms with van der Waals surface area (Å²) in [7, 11) is 0. The van der Waals surface area contributed by atoms with E-state index in [1.165, 1.54) is 6.92 Å². The molecule has 0 aliphatic rings. The minimum atomic E-state index is -2.46. The van der Waals surface area contributed by atoms with Crippen molar-refractivity contribution < 1.29 is 8.78 Å². The summed E-state index contributed by atoms with van der Waals surface area (Å²) in [6.07, 6.45) is -2.46. The Bertz CT molecular complexity index is 360. The molecule has 15 heavy (non-hydrogen) atoms. The fourth-order valence-corrected chi connectivity index (χ4v) is 1.77. The molecule has 0 radical (unpaired) electrons. The number of nitrogens with one attached hydrogen (secondary N) is 1. The molecule has 1 N–H and O–H groups in total. The minimum Gasteiger partial charge on any atom is -0.376 e. The van der Waals surface area contributed by atoms with Gasteiger partial charge < -0.3 is 5.32 Å². The first-order valence-electron chi connectivity index (χ1n) is 4.11. The van der Waals surface area contributed by atoms with E-state index >= 15 is 0 Å². The van der Waals surface area contributed by atoms with Crippen molar-refractivity contribution in [3.63, 3.8) is 0 Å². The maximum Gasteiger partial charge on any atom is 0.258 e. The van der Waals surface area contributed by atoms with Gasteiger partial charge >= 0.3 is 0 Å². The molecule has 0 aliphatic carbocycles. The molecule has 1 aromatic carbocycles. The molecule has 0 spiro atoms. The Balaban J connectivity index is 2.92. The third kappa shape index (κ3) is 3.20. The Morgan fingerprint density at radius 2 is 1.87 bits per heavy atom. The average molecular weight is 319 g/mol. The highest BCUT2D eigenvalue weighted by molar-refractivity contribution is 9.10. The van der Waals surface area contributed by atoms with Gasteiger partial charge in [0, 0.05) is 4.47 Å². The van der Waals surface area contributed by atoms with Gasteiger partial charge in [0.2, 0.25) is 0 Å². The van der Waals surface area contributed by atoms with Crippen LogP contribution in [0.1, 0.15) is 6.92 Å². The Hall–Kier alpha value is -0.0600. The van der Waals surface area contributed by atoms with Crippen molar-refractivity contribution in [2.45, 2.75) is 19.4 Å². The molecule has 0 saturated carbocycles. The third-order valence-corrected chi connectivity index (χ3v) is 3.57. The number of benzene rings is 1. The normalized spacial score (nSPS) is 13.0. The van der Waals surface area contributed by atoms with Gasteiger partial charge in [0.15, 0.2) is 0 Å². The SMILES string of the molecule is CC(Nc1ccc(Br)c(Cl)c1Cl)C(F)F. The second-order valence-electron chi connectivity index (χ2n) is 2.99. The van der Waals surface area contributed by atoms with Gasteiger partial charge in [-0.25, -0.2) is 8.78 Å². The zero-order chi connectivity index (χ0) is 11.6. The first kappa shape index (κ1) is 13.0.